The van der Waals surface area contributed by atoms with Gasteiger partial charge in [0.2, 0.25) is 0 Å². The van der Waals surface area contributed by atoms with E-state index in [1.165, 1.54) is 41.7 Å². The molecule has 17 heavy (non-hydrogen) atoms. The minimum atomic E-state index is 0.402. The molecule has 2 rings (SSSR count). The molecule has 1 aliphatic heterocycles. The van der Waals surface area contributed by atoms with Gasteiger partial charge < -0.3 is 5.73 Å². The number of rotatable bonds is 4. The van der Waals surface area contributed by atoms with E-state index in [0.717, 1.165) is 12.5 Å². The molecule has 1 aromatic heterocycles. The predicted octanol–water partition coefficient (Wildman–Crippen LogP) is 3.63. The number of piperidine rings is 1. The minimum absolute atomic E-state index is 0.402. The maximum Gasteiger partial charge on any atom is 0.0575 e. The summed E-state index contributed by atoms with van der Waals surface area (Å²) in [5, 5.41) is 2.14. The molecule has 2 heterocycles. The zero-order valence-corrected chi connectivity index (χ0v) is 12.8. The molecular weight excluding hydrogens is 296 g/mol. The molecule has 0 saturated carbocycles. The summed E-state index contributed by atoms with van der Waals surface area (Å²) in [4.78, 5) is 3.97. The Morgan fingerprint density at radius 1 is 1.65 bits per heavy atom. The summed E-state index contributed by atoms with van der Waals surface area (Å²) in [5.41, 5.74) is 5.99. The van der Waals surface area contributed by atoms with Crippen LogP contribution >= 0.6 is 27.3 Å². The Morgan fingerprint density at radius 3 is 3.06 bits per heavy atom. The number of nitrogens with zero attached hydrogens (tertiary/aromatic N) is 1. The molecular formula is C13H21BrN2S. The first-order chi connectivity index (χ1) is 8.26. The number of halogens is 1. The van der Waals surface area contributed by atoms with Crippen LogP contribution in [0.25, 0.3) is 0 Å². The summed E-state index contributed by atoms with van der Waals surface area (Å²) in [6.07, 6.45) is 3.99. The second-order valence-corrected chi connectivity index (χ2v) is 6.60. The second-order valence-electron chi connectivity index (χ2n) is 4.80. The zero-order chi connectivity index (χ0) is 12.3. The van der Waals surface area contributed by atoms with Gasteiger partial charge in [-0.25, -0.2) is 0 Å². The molecule has 1 saturated heterocycles. The molecule has 0 amide bonds. The normalized spacial score (nSPS) is 23.8. The van der Waals surface area contributed by atoms with E-state index < -0.39 is 0 Å². The molecule has 0 aromatic carbocycles. The number of hydrogen-bond donors (Lipinski definition) is 1. The van der Waals surface area contributed by atoms with Gasteiger partial charge in [0.25, 0.3) is 0 Å². The number of nitrogens with two attached hydrogens (primary N) is 1. The van der Waals surface area contributed by atoms with Gasteiger partial charge in [-0.1, -0.05) is 13.3 Å². The third-order valence-corrected chi connectivity index (χ3v) is 5.71. The van der Waals surface area contributed by atoms with E-state index in [-0.39, 0.29) is 0 Å². The van der Waals surface area contributed by atoms with E-state index in [4.69, 9.17) is 5.73 Å². The van der Waals surface area contributed by atoms with Gasteiger partial charge in [0.05, 0.1) is 6.04 Å². The highest BCUT2D eigenvalue weighted by atomic mass is 79.9. The van der Waals surface area contributed by atoms with Crippen LogP contribution < -0.4 is 5.73 Å². The van der Waals surface area contributed by atoms with Crippen molar-refractivity contribution in [1.29, 1.82) is 0 Å². The second kappa shape index (κ2) is 6.32. The maximum atomic E-state index is 5.99. The van der Waals surface area contributed by atoms with E-state index in [1.54, 1.807) is 0 Å². The number of likely N-dealkylation sites (tertiary alicyclic amines) is 1. The number of hydrogen-bond acceptors (Lipinski definition) is 3. The van der Waals surface area contributed by atoms with Crippen LogP contribution in [0.3, 0.4) is 0 Å². The van der Waals surface area contributed by atoms with E-state index in [0.29, 0.717) is 6.04 Å². The molecule has 0 bridgehead atoms. The summed E-state index contributed by atoms with van der Waals surface area (Å²) in [6, 6.07) is 2.53. The van der Waals surface area contributed by atoms with E-state index >= 15 is 0 Å². The van der Waals surface area contributed by atoms with Gasteiger partial charge in [0.15, 0.2) is 0 Å². The Balaban J connectivity index is 2.10. The molecule has 0 aliphatic carbocycles. The first kappa shape index (κ1) is 13.5. The summed E-state index contributed by atoms with van der Waals surface area (Å²) in [5.74, 6) is 0.858. The smallest absolute Gasteiger partial charge is 0.0575 e. The zero-order valence-electron chi connectivity index (χ0n) is 10.4. The third kappa shape index (κ3) is 3.11. The molecule has 2 atom stereocenters. The Bertz CT molecular complexity index is 353. The average molecular weight is 317 g/mol. The summed E-state index contributed by atoms with van der Waals surface area (Å²) >= 11 is 5.45. The molecule has 1 aliphatic rings. The molecule has 2 N–H and O–H groups in total. The van der Waals surface area contributed by atoms with E-state index in [1.807, 2.05) is 11.3 Å². The van der Waals surface area contributed by atoms with Crippen LogP contribution in [0.1, 0.15) is 37.1 Å². The van der Waals surface area contributed by atoms with Gasteiger partial charge in [0.1, 0.15) is 0 Å². The molecule has 0 radical (unpaired) electrons. The van der Waals surface area contributed by atoms with Crippen LogP contribution in [-0.4, -0.2) is 24.5 Å². The van der Waals surface area contributed by atoms with Crippen LogP contribution in [0.4, 0.5) is 0 Å². The Labute approximate surface area is 116 Å². The highest BCUT2D eigenvalue weighted by molar-refractivity contribution is 9.10. The summed E-state index contributed by atoms with van der Waals surface area (Å²) < 4.78 is 1.22. The van der Waals surface area contributed by atoms with Crippen molar-refractivity contribution >= 4 is 27.3 Å². The fourth-order valence-electron chi connectivity index (χ4n) is 2.68. The van der Waals surface area contributed by atoms with Gasteiger partial charge in [-0.2, -0.15) is 0 Å². The summed E-state index contributed by atoms with van der Waals surface area (Å²) in [7, 11) is 0. The van der Waals surface area contributed by atoms with E-state index in [2.05, 4.69) is 39.2 Å². The lowest BCUT2D eigenvalue weighted by Gasteiger charge is -2.37. The standard InChI is InChI=1S/C13H21BrN2S/c1-2-10-4-3-6-16(9-10)12(8-15)13-11(14)5-7-17-13/h5,7,10,12H,2-4,6,8-9,15H2,1H3. The van der Waals surface area contributed by atoms with E-state index in [9.17, 15) is 0 Å². The molecule has 96 valence electrons. The summed E-state index contributed by atoms with van der Waals surface area (Å²) in [6.45, 7) is 5.42. The molecule has 2 unspecified atom stereocenters. The quantitative estimate of drug-likeness (QED) is 0.919. The van der Waals surface area contributed by atoms with Gasteiger partial charge in [-0.05, 0) is 52.7 Å². The molecule has 1 fully saturated rings. The third-order valence-electron chi connectivity index (χ3n) is 3.74. The van der Waals surface area contributed by atoms with Crippen molar-refractivity contribution in [2.24, 2.45) is 11.7 Å². The van der Waals surface area contributed by atoms with Gasteiger partial charge in [-0.3, -0.25) is 4.90 Å². The van der Waals surface area contributed by atoms with Crippen molar-refractivity contribution in [3.63, 3.8) is 0 Å². The van der Waals surface area contributed by atoms with Crippen molar-refractivity contribution in [1.82, 2.24) is 4.90 Å². The van der Waals surface area contributed by atoms with Crippen LogP contribution in [-0.2, 0) is 0 Å². The lowest BCUT2D eigenvalue weighted by Crippen LogP contribution is -2.40. The van der Waals surface area contributed by atoms with Crippen LogP contribution in [0.15, 0.2) is 15.9 Å². The van der Waals surface area contributed by atoms with Crippen molar-refractivity contribution in [3.8, 4) is 0 Å². The van der Waals surface area contributed by atoms with Crippen molar-refractivity contribution < 1.29 is 0 Å². The first-order valence-electron chi connectivity index (χ1n) is 6.43. The highest BCUT2D eigenvalue weighted by Crippen LogP contribution is 2.34. The van der Waals surface area contributed by atoms with Crippen molar-refractivity contribution in [2.45, 2.75) is 32.2 Å². The predicted molar refractivity (Wildman–Crippen MR) is 78.4 cm³/mol. The minimum Gasteiger partial charge on any atom is -0.329 e. The Kier molecular flexibility index (Phi) is 5.03. The highest BCUT2D eigenvalue weighted by Gasteiger charge is 2.27. The average Bonchev–Trinajstić information content (AvgIpc) is 2.77. The number of thiophene rings is 1. The fourth-order valence-corrected chi connectivity index (χ4v) is 4.46. The lowest BCUT2D eigenvalue weighted by atomic mass is 9.94. The van der Waals surface area contributed by atoms with Gasteiger partial charge in [0, 0.05) is 22.4 Å². The molecule has 1 aromatic rings. The van der Waals surface area contributed by atoms with Crippen LogP contribution in [0, 0.1) is 5.92 Å². The largest absolute Gasteiger partial charge is 0.329 e. The van der Waals surface area contributed by atoms with Crippen molar-refractivity contribution in [2.75, 3.05) is 19.6 Å². The lowest BCUT2D eigenvalue weighted by molar-refractivity contribution is 0.125. The molecule has 2 nitrogen and oxygen atoms in total. The van der Waals surface area contributed by atoms with Gasteiger partial charge >= 0.3 is 0 Å². The molecule has 4 heteroatoms. The Hall–Kier alpha value is 0.100. The fraction of sp³-hybridized carbons (Fsp3) is 0.692. The first-order valence-corrected chi connectivity index (χ1v) is 8.10. The maximum absolute atomic E-state index is 5.99. The van der Waals surface area contributed by atoms with Crippen LogP contribution in [0.2, 0.25) is 0 Å². The SMILES string of the molecule is CCC1CCCN(C(CN)c2sccc2Br)C1. The monoisotopic (exact) mass is 316 g/mol. The van der Waals surface area contributed by atoms with Crippen molar-refractivity contribution in [3.05, 3.63) is 20.8 Å². The van der Waals surface area contributed by atoms with Gasteiger partial charge in [-0.15, -0.1) is 11.3 Å². The topological polar surface area (TPSA) is 29.3 Å². The Morgan fingerprint density at radius 2 is 2.47 bits per heavy atom. The molecule has 0 spiro atoms. The van der Waals surface area contributed by atoms with Crippen LogP contribution in [0.5, 0.6) is 0 Å².